The molecule has 0 fully saturated rings. The number of hydrogen-bond acceptors (Lipinski definition) is 7. The van der Waals surface area contributed by atoms with Crippen molar-refractivity contribution in [3.8, 4) is 6.07 Å². The first kappa shape index (κ1) is 16.2. The molecule has 0 aliphatic carbocycles. The molecule has 0 saturated carbocycles. The van der Waals surface area contributed by atoms with E-state index >= 15 is 0 Å². The zero-order valence-electron chi connectivity index (χ0n) is 11.5. The molecular weight excluding hydrogens is 281 g/mol. The summed E-state index contributed by atoms with van der Waals surface area (Å²) < 4.78 is 17.9. The number of ether oxygens (including phenoxy) is 1. The van der Waals surface area contributed by atoms with E-state index in [2.05, 4.69) is 4.98 Å². The molecule has 0 aliphatic rings. The van der Waals surface area contributed by atoms with Gasteiger partial charge in [0.1, 0.15) is 13.0 Å². The first-order valence-electron chi connectivity index (χ1n) is 5.89. The van der Waals surface area contributed by atoms with Gasteiger partial charge in [0.2, 0.25) is 5.95 Å². The third-order valence-corrected chi connectivity index (χ3v) is 3.25. The van der Waals surface area contributed by atoms with Crippen LogP contribution in [0.2, 0.25) is 0 Å². The molecule has 1 aromatic rings. The van der Waals surface area contributed by atoms with E-state index in [0.717, 1.165) is 0 Å². The Morgan fingerprint density at radius 2 is 2.10 bits per heavy atom. The number of aromatic nitrogens is 2. The minimum atomic E-state index is -2.26. The Morgan fingerprint density at radius 3 is 2.65 bits per heavy atom. The second kappa shape index (κ2) is 6.55. The van der Waals surface area contributed by atoms with Gasteiger partial charge in [-0.2, -0.15) is 10.2 Å². The van der Waals surface area contributed by atoms with Gasteiger partial charge in [-0.1, -0.05) is 0 Å². The standard InChI is InChI=1S/C11H18N5O3P/c1-20(2,18)7-19-6-5-16-10(17)8(3-4-12)9(13)15-11(16)14/h3,5-7,13H2,1-2H3,(H2,14,15). The largest absolute Gasteiger partial charge is 0.383 e. The predicted octanol–water partition coefficient (Wildman–Crippen LogP) is 0.0706. The lowest BCUT2D eigenvalue weighted by molar-refractivity contribution is 0.165. The number of nitriles is 1. The summed E-state index contributed by atoms with van der Waals surface area (Å²) in [4.78, 5) is 15.9. The maximum Gasteiger partial charge on any atom is 0.261 e. The molecule has 1 heterocycles. The molecule has 110 valence electrons. The molecule has 0 radical (unpaired) electrons. The van der Waals surface area contributed by atoms with E-state index in [0.29, 0.717) is 0 Å². The third kappa shape index (κ3) is 4.37. The minimum Gasteiger partial charge on any atom is -0.383 e. The van der Waals surface area contributed by atoms with Gasteiger partial charge in [0.25, 0.3) is 5.56 Å². The first-order chi connectivity index (χ1) is 9.26. The van der Waals surface area contributed by atoms with E-state index in [-0.39, 0.29) is 43.3 Å². The highest BCUT2D eigenvalue weighted by molar-refractivity contribution is 7.62. The number of hydrogen-bond donors (Lipinski definition) is 2. The van der Waals surface area contributed by atoms with Crippen LogP contribution in [0.5, 0.6) is 0 Å². The lowest BCUT2D eigenvalue weighted by Gasteiger charge is -2.12. The average molecular weight is 299 g/mol. The SMILES string of the molecule is CP(C)(=O)COCCn1c(N)nc(N)c(CC#N)c1=O. The van der Waals surface area contributed by atoms with Crippen molar-refractivity contribution in [3.05, 3.63) is 15.9 Å². The van der Waals surface area contributed by atoms with Gasteiger partial charge in [-0.3, -0.25) is 9.36 Å². The Kier molecular flexibility index (Phi) is 5.31. The van der Waals surface area contributed by atoms with Crippen molar-refractivity contribution in [1.29, 1.82) is 5.26 Å². The molecule has 20 heavy (non-hydrogen) atoms. The first-order valence-corrected chi connectivity index (χ1v) is 8.68. The molecule has 0 amide bonds. The molecular formula is C11H18N5O3P. The summed E-state index contributed by atoms with van der Waals surface area (Å²) in [6.45, 7) is 3.57. The zero-order chi connectivity index (χ0) is 15.3. The molecule has 0 atom stereocenters. The Morgan fingerprint density at radius 1 is 1.45 bits per heavy atom. The quantitative estimate of drug-likeness (QED) is 0.560. The third-order valence-electron chi connectivity index (χ3n) is 2.44. The summed E-state index contributed by atoms with van der Waals surface area (Å²) in [6.07, 6.45) is 0.00698. The Hall–Kier alpha value is -1.84. The van der Waals surface area contributed by atoms with E-state index in [1.54, 1.807) is 13.3 Å². The number of nitrogens with two attached hydrogens (primary N) is 2. The lowest BCUT2D eigenvalue weighted by atomic mass is 10.2. The number of anilines is 2. The van der Waals surface area contributed by atoms with Crippen LogP contribution in [-0.4, -0.2) is 35.8 Å². The highest BCUT2D eigenvalue weighted by Gasteiger charge is 2.13. The number of rotatable bonds is 6. The molecule has 0 unspecified atom stereocenters. The highest BCUT2D eigenvalue weighted by Crippen LogP contribution is 2.35. The van der Waals surface area contributed by atoms with Crippen molar-refractivity contribution in [3.63, 3.8) is 0 Å². The second-order valence-corrected chi connectivity index (χ2v) is 8.14. The predicted molar refractivity (Wildman–Crippen MR) is 76.9 cm³/mol. The van der Waals surface area contributed by atoms with E-state index < -0.39 is 12.7 Å². The molecule has 0 bridgehead atoms. The summed E-state index contributed by atoms with van der Waals surface area (Å²) in [7, 11) is -2.26. The van der Waals surface area contributed by atoms with Crippen LogP contribution in [0.3, 0.4) is 0 Å². The van der Waals surface area contributed by atoms with Gasteiger partial charge in [-0.05, 0) is 13.3 Å². The summed E-state index contributed by atoms with van der Waals surface area (Å²) in [6, 6.07) is 1.86. The Balaban J connectivity index is 2.86. The lowest BCUT2D eigenvalue weighted by Crippen LogP contribution is -2.30. The smallest absolute Gasteiger partial charge is 0.261 e. The van der Waals surface area contributed by atoms with Crippen molar-refractivity contribution in [2.24, 2.45) is 0 Å². The second-order valence-electron chi connectivity index (χ2n) is 4.74. The van der Waals surface area contributed by atoms with Gasteiger partial charge in [0, 0.05) is 0 Å². The summed E-state index contributed by atoms with van der Waals surface area (Å²) in [5.74, 6) is -0.0631. The van der Waals surface area contributed by atoms with Gasteiger partial charge in [0.05, 0.1) is 37.6 Å². The summed E-state index contributed by atoms with van der Waals surface area (Å²) in [5, 5.41) is 8.66. The fraction of sp³-hybridized carbons (Fsp3) is 0.545. The molecule has 0 aromatic carbocycles. The van der Waals surface area contributed by atoms with Crippen molar-refractivity contribution in [2.75, 3.05) is 37.8 Å². The monoisotopic (exact) mass is 299 g/mol. The topological polar surface area (TPSA) is 137 Å². The number of nitrogens with zero attached hydrogens (tertiary/aromatic N) is 3. The maximum atomic E-state index is 12.1. The van der Waals surface area contributed by atoms with Crippen LogP contribution in [-0.2, 0) is 22.3 Å². The molecule has 9 heteroatoms. The molecule has 8 nitrogen and oxygen atoms in total. The normalized spacial score (nSPS) is 11.2. The van der Waals surface area contributed by atoms with Gasteiger partial charge < -0.3 is 20.8 Å². The van der Waals surface area contributed by atoms with Gasteiger partial charge in [-0.25, -0.2) is 0 Å². The number of nitrogen functional groups attached to an aromatic ring is 2. The minimum absolute atomic E-state index is 0.0298. The Labute approximate surface area is 116 Å². The van der Waals surface area contributed by atoms with Gasteiger partial charge in [-0.15, -0.1) is 0 Å². The van der Waals surface area contributed by atoms with Crippen molar-refractivity contribution in [2.45, 2.75) is 13.0 Å². The maximum absolute atomic E-state index is 12.1. The highest BCUT2D eigenvalue weighted by atomic mass is 31.2. The van der Waals surface area contributed by atoms with Crippen molar-refractivity contribution >= 4 is 18.9 Å². The molecule has 0 spiro atoms. The molecule has 1 rings (SSSR count). The molecule has 0 saturated heterocycles. The van der Waals surface area contributed by atoms with Gasteiger partial charge >= 0.3 is 0 Å². The van der Waals surface area contributed by atoms with Crippen LogP contribution in [0.25, 0.3) is 0 Å². The van der Waals surface area contributed by atoms with Crippen molar-refractivity contribution in [1.82, 2.24) is 9.55 Å². The zero-order valence-corrected chi connectivity index (χ0v) is 12.4. The van der Waals surface area contributed by atoms with E-state index in [1.165, 1.54) is 4.57 Å². The van der Waals surface area contributed by atoms with Crippen LogP contribution >= 0.6 is 7.14 Å². The van der Waals surface area contributed by atoms with Crippen LogP contribution < -0.4 is 17.0 Å². The average Bonchev–Trinajstić information content (AvgIpc) is 2.32. The Bertz CT molecular complexity index is 628. The summed E-state index contributed by atoms with van der Waals surface area (Å²) in [5.41, 5.74) is 10.9. The van der Waals surface area contributed by atoms with E-state index in [1.807, 2.05) is 6.07 Å². The van der Waals surface area contributed by atoms with Crippen LogP contribution in [0.1, 0.15) is 5.56 Å². The molecule has 4 N–H and O–H groups in total. The fourth-order valence-corrected chi connectivity index (χ4v) is 2.10. The molecule has 1 aromatic heterocycles. The van der Waals surface area contributed by atoms with Crippen LogP contribution in [0, 0.1) is 11.3 Å². The van der Waals surface area contributed by atoms with Crippen LogP contribution in [0.15, 0.2) is 4.79 Å². The van der Waals surface area contributed by atoms with E-state index in [9.17, 15) is 9.36 Å². The summed E-state index contributed by atoms with van der Waals surface area (Å²) >= 11 is 0. The van der Waals surface area contributed by atoms with Gasteiger partial charge in [0.15, 0.2) is 0 Å². The fourth-order valence-electron chi connectivity index (χ4n) is 1.53. The van der Waals surface area contributed by atoms with Crippen molar-refractivity contribution < 1.29 is 9.30 Å². The van der Waals surface area contributed by atoms with E-state index in [4.69, 9.17) is 21.5 Å². The van der Waals surface area contributed by atoms with Crippen LogP contribution in [0.4, 0.5) is 11.8 Å². The molecule has 0 aliphatic heterocycles.